The summed E-state index contributed by atoms with van der Waals surface area (Å²) in [5, 5.41) is 8.90. The zero-order chi connectivity index (χ0) is 17.0. The number of halogens is 3. The lowest BCUT2D eigenvalue weighted by atomic mass is 9.81. The standard InChI is InChI=1S/C16H18F3N3O/c1-23-15-11(8-13(21)14(9-20)22-15)5-2-10-3-6-12(7-4-10)16(17,18)19/h2,5,8,10,12H,3-4,6-7,21H2,1H3/b5-2+. The van der Waals surface area contributed by atoms with Crippen molar-refractivity contribution >= 4 is 11.8 Å². The second-order valence-corrected chi connectivity index (χ2v) is 5.65. The molecular weight excluding hydrogens is 307 g/mol. The molecule has 1 aromatic rings. The molecule has 7 heteroatoms. The van der Waals surface area contributed by atoms with Gasteiger partial charge in [-0.2, -0.15) is 23.4 Å². The van der Waals surface area contributed by atoms with Crippen molar-refractivity contribution in [3.63, 3.8) is 0 Å². The third-order valence-electron chi connectivity index (χ3n) is 4.13. The summed E-state index contributed by atoms with van der Waals surface area (Å²) in [7, 11) is 1.44. The Morgan fingerprint density at radius 2 is 2.00 bits per heavy atom. The van der Waals surface area contributed by atoms with Crippen LogP contribution >= 0.6 is 0 Å². The zero-order valence-electron chi connectivity index (χ0n) is 12.7. The number of hydrogen-bond donors (Lipinski definition) is 1. The second-order valence-electron chi connectivity index (χ2n) is 5.65. The molecule has 0 saturated heterocycles. The van der Waals surface area contributed by atoms with Crippen LogP contribution in [0.1, 0.15) is 36.9 Å². The quantitative estimate of drug-likeness (QED) is 0.914. The maximum atomic E-state index is 12.7. The molecule has 0 aliphatic heterocycles. The Morgan fingerprint density at radius 3 is 2.52 bits per heavy atom. The summed E-state index contributed by atoms with van der Waals surface area (Å²) >= 11 is 0. The lowest BCUT2D eigenvalue weighted by molar-refractivity contribution is -0.183. The van der Waals surface area contributed by atoms with Gasteiger partial charge in [0.1, 0.15) is 6.07 Å². The molecule has 0 radical (unpaired) electrons. The molecule has 1 heterocycles. The molecule has 4 nitrogen and oxygen atoms in total. The summed E-state index contributed by atoms with van der Waals surface area (Å²) in [5.41, 5.74) is 6.68. The van der Waals surface area contributed by atoms with E-state index in [4.69, 9.17) is 15.7 Å². The van der Waals surface area contributed by atoms with E-state index in [1.54, 1.807) is 12.1 Å². The van der Waals surface area contributed by atoms with Crippen LogP contribution in [0.3, 0.4) is 0 Å². The second kappa shape index (κ2) is 6.90. The van der Waals surface area contributed by atoms with Gasteiger partial charge < -0.3 is 10.5 Å². The average Bonchev–Trinajstić information content (AvgIpc) is 2.52. The van der Waals surface area contributed by atoms with Crippen LogP contribution in [0.15, 0.2) is 12.1 Å². The highest BCUT2D eigenvalue weighted by Gasteiger charge is 2.40. The van der Waals surface area contributed by atoms with E-state index in [2.05, 4.69) is 4.98 Å². The van der Waals surface area contributed by atoms with Gasteiger partial charge >= 0.3 is 6.18 Å². The maximum Gasteiger partial charge on any atom is 0.391 e. The van der Waals surface area contributed by atoms with Crippen LogP contribution < -0.4 is 10.5 Å². The third kappa shape index (κ3) is 4.15. The van der Waals surface area contributed by atoms with Crippen molar-refractivity contribution in [2.45, 2.75) is 31.9 Å². The fourth-order valence-electron chi connectivity index (χ4n) is 2.78. The summed E-state index contributed by atoms with van der Waals surface area (Å²) in [6, 6.07) is 3.46. The molecule has 0 bridgehead atoms. The molecule has 0 aromatic carbocycles. The summed E-state index contributed by atoms with van der Waals surface area (Å²) in [6.45, 7) is 0. The van der Waals surface area contributed by atoms with Crippen molar-refractivity contribution < 1.29 is 17.9 Å². The molecule has 0 unspecified atom stereocenters. The lowest BCUT2D eigenvalue weighted by Crippen LogP contribution is -2.27. The minimum absolute atomic E-state index is 0.0877. The summed E-state index contributed by atoms with van der Waals surface area (Å²) in [6.07, 6.45) is 0.847. The van der Waals surface area contributed by atoms with E-state index in [0.717, 1.165) is 0 Å². The number of nitrogen functional groups attached to an aromatic ring is 1. The number of allylic oxidation sites excluding steroid dienone is 1. The molecular formula is C16H18F3N3O. The van der Waals surface area contributed by atoms with Gasteiger partial charge in [-0.05, 0) is 37.7 Å². The topological polar surface area (TPSA) is 71.9 Å². The van der Waals surface area contributed by atoms with Crippen molar-refractivity contribution in [3.8, 4) is 11.9 Å². The van der Waals surface area contributed by atoms with Gasteiger partial charge in [0.15, 0.2) is 5.69 Å². The van der Waals surface area contributed by atoms with Gasteiger partial charge in [0.25, 0.3) is 0 Å². The highest BCUT2D eigenvalue weighted by atomic mass is 19.4. The Hall–Kier alpha value is -2.23. The highest BCUT2D eigenvalue weighted by molar-refractivity contribution is 5.63. The van der Waals surface area contributed by atoms with Gasteiger partial charge in [-0.15, -0.1) is 0 Å². The molecule has 1 fully saturated rings. The van der Waals surface area contributed by atoms with Gasteiger partial charge in [-0.25, -0.2) is 0 Å². The van der Waals surface area contributed by atoms with Crippen molar-refractivity contribution in [1.82, 2.24) is 4.98 Å². The van der Waals surface area contributed by atoms with E-state index in [-0.39, 0.29) is 36.0 Å². The van der Waals surface area contributed by atoms with Gasteiger partial charge in [0.2, 0.25) is 5.88 Å². The van der Waals surface area contributed by atoms with E-state index < -0.39 is 12.1 Å². The Kier molecular flexibility index (Phi) is 5.14. The number of aromatic nitrogens is 1. The smallest absolute Gasteiger partial charge is 0.391 e. The number of pyridine rings is 1. The fraction of sp³-hybridized carbons (Fsp3) is 0.500. The summed E-state index contributed by atoms with van der Waals surface area (Å²) < 4.78 is 43.1. The van der Waals surface area contributed by atoms with E-state index >= 15 is 0 Å². The Labute approximate surface area is 132 Å². The number of anilines is 1. The van der Waals surface area contributed by atoms with E-state index in [0.29, 0.717) is 18.4 Å². The monoisotopic (exact) mass is 325 g/mol. The van der Waals surface area contributed by atoms with Crippen molar-refractivity contribution in [2.24, 2.45) is 11.8 Å². The largest absolute Gasteiger partial charge is 0.481 e. The molecule has 124 valence electrons. The van der Waals surface area contributed by atoms with Crippen LogP contribution in [0.2, 0.25) is 0 Å². The average molecular weight is 325 g/mol. The first-order valence-electron chi connectivity index (χ1n) is 7.34. The van der Waals surface area contributed by atoms with E-state index in [9.17, 15) is 13.2 Å². The van der Waals surface area contributed by atoms with Gasteiger partial charge in [0, 0.05) is 5.56 Å². The van der Waals surface area contributed by atoms with Crippen molar-refractivity contribution in [1.29, 1.82) is 5.26 Å². The summed E-state index contributed by atoms with van der Waals surface area (Å²) in [4.78, 5) is 4.01. The number of alkyl halides is 3. The van der Waals surface area contributed by atoms with Crippen LogP contribution in [0, 0.1) is 23.2 Å². The van der Waals surface area contributed by atoms with E-state index in [1.807, 2.05) is 12.1 Å². The normalized spacial score (nSPS) is 22.0. The number of nitriles is 1. The van der Waals surface area contributed by atoms with Gasteiger partial charge in [0.05, 0.1) is 18.7 Å². The van der Waals surface area contributed by atoms with Crippen LogP contribution in [0.4, 0.5) is 18.9 Å². The maximum absolute atomic E-state index is 12.7. The minimum Gasteiger partial charge on any atom is -0.481 e. The van der Waals surface area contributed by atoms with Crippen LogP contribution in [-0.2, 0) is 0 Å². The molecule has 1 saturated carbocycles. The fourth-order valence-corrected chi connectivity index (χ4v) is 2.78. The minimum atomic E-state index is -4.09. The number of ether oxygens (including phenoxy) is 1. The number of hydrogen-bond acceptors (Lipinski definition) is 4. The number of rotatable bonds is 3. The highest BCUT2D eigenvalue weighted by Crippen LogP contribution is 2.40. The molecule has 1 aliphatic rings. The van der Waals surface area contributed by atoms with Crippen LogP contribution in [0.25, 0.3) is 6.08 Å². The Balaban J connectivity index is 2.07. The molecule has 1 aromatic heterocycles. The number of nitrogens with two attached hydrogens (primary N) is 1. The zero-order valence-corrected chi connectivity index (χ0v) is 12.7. The van der Waals surface area contributed by atoms with Crippen molar-refractivity contribution in [2.75, 3.05) is 12.8 Å². The molecule has 0 spiro atoms. The Morgan fingerprint density at radius 1 is 1.35 bits per heavy atom. The lowest BCUT2D eigenvalue weighted by Gasteiger charge is -2.28. The first-order chi connectivity index (χ1) is 10.8. The first-order valence-corrected chi connectivity index (χ1v) is 7.34. The molecule has 0 amide bonds. The van der Waals surface area contributed by atoms with Crippen molar-refractivity contribution in [3.05, 3.63) is 23.4 Å². The summed E-state index contributed by atoms with van der Waals surface area (Å²) in [5.74, 6) is -0.819. The van der Waals surface area contributed by atoms with Gasteiger partial charge in [-0.3, -0.25) is 0 Å². The molecule has 2 rings (SSSR count). The molecule has 2 N–H and O–H groups in total. The molecule has 1 aliphatic carbocycles. The number of nitrogens with zero attached hydrogens (tertiary/aromatic N) is 2. The SMILES string of the molecule is COc1nc(C#N)c(N)cc1/C=C/C1CCC(C(F)(F)F)CC1. The third-order valence-corrected chi connectivity index (χ3v) is 4.13. The van der Waals surface area contributed by atoms with Crippen LogP contribution in [0.5, 0.6) is 5.88 Å². The predicted octanol–water partition coefficient (Wildman–Crippen LogP) is 3.93. The van der Waals surface area contributed by atoms with Crippen LogP contribution in [-0.4, -0.2) is 18.3 Å². The first kappa shape index (κ1) is 17.1. The molecule has 23 heavy (non-hydrogen) atoms. The predicted molar refractivity (Wildman–Crippen MR) is 80.5 cm³/mol. The van der Waals surface area contributed by atoms with Gasteiger partial charge in [-0.1, -0.05) is 12.2 Å². The Bertz CT molecular complexity index is 627. The molecule has 0 atom stereocenters. The number of methoxy groups -OCH3 is 1. The van der Waals surface area contributed by atoms with E-state index in [1.165, 1.54) is 7.11 Å².